The van der Waals surface area contributed by atoms with Gasteiger partial charge in [0.2, 0.25) is 0 Å². The summed E-state index contributed by atoms with van der Waals surface area (Å²) in [6.45, 7) is 2.03. The highest BCUT2D eigenvalue weighted by Gasteiger charge is 2.15. The van der Waals surface area contributed by atoms with Crippen LogP contribution in [0.2, 0.25) is 0 Å². The van der Waals surface area contributed by atoms with Gasteiger partial charge in [-0.05, 0) is 34.5 Å². The number of carbonyl (C=O) groups is 1. The van der Waals surface area contributed by atoms with Crippen molar-refractivity contribution in [1.29, 1.82) is 0 Å². The number of anilines is 1. The molecule has 1 aromatic rings. The molecule has 0 aliphatic carbocycles. The summed E-state index contributed by atoms with van der Waals surface area (Å²) in [4.78, 5) is 11.1. The van der Waals surface area contributed by atoms with Gasteiger partial charge in [0.25, 0.3) is 0 Å². The summed E-state index contributed by atoms with van der Waals surface area (Å²) in [6, 6.07) is 5.04. The Hall–Kier alpha value is -1.47. The van der Waals surface area contributed by atoms with E-state index in [4.69, 9.17) is 11.5 Å². The Kier molecular flexibility index (Phi) is 5.05. The maximum atomic E-state index is 11.1. The quantitative estimate of drug-likeness (QED) is 0.819. The molecule has 0 aliphatic heterocycles. The van der Waals surface area contributed by atoms with Gasteiger partial charge in [-0.2, -0.15) is 0 Å². The van der Waals surface area contributed by atoms with Crippen molar-refractivity contribution < 1.29 is 9.90 Å². The SMILES string of the molecule is C#CC(CCC)Nc1cccc(Br)c1C(=O)O. The van der Waals surface area contributed by atoms with Crippen molar-refractivity contribution in [2.24, 2.45) is 0 Å². The Morgan fingerprint density at radius 3 is 2.88 bits per heavy atom. The van der Waals surface area contributed by atoms with Gasteiger partial charge in [0.1, 0.15) is 0 Å². The van der Waals surface area contributed by atoms with Crippen molar-refractivity contribution >= 4 is 27.6 Å². The maximum absolute atomic E-state index is 11.1. The summed E-state index contributed by atoms with van der Waals surface area (Å²) >= 11 is 3.23. The van der Waals surface area contributed by atoms with E-state index in [2.05, 4.69) is 27.2 Å². The normalized spacial score (nSPS) is 11.6. The van der Waals surface area contributed by atoms with Crippen LogP contribution in [0.25, 0.3) is 0 Å². The highest BCUT2D eigenvalue weighted by molar-refractivity contribution is 9.10. The van der Waals surface area contributed by atoms with E-state index in [1.807, 2.05) is 6.92 Å². The van der Waals surface area contributed by atoms with Crippen molar-refractivity contribution in [3.8, 4) is 12.3 Å². The van der Waals surface area contributed by atoms with Gasteiger partial charge in [0.05, 0.1) is 17.3 Å². The van der Waals surface area contributed by atoms with Gasteiger partial charge in [0.15, 0.2) is 0 Å². The second-order valence-electron chi connectivity index (χ2n) is 3.62. The lowest BCUT2D eigenvalue weighted by Gasteiger charge is -2.16. The predicted octanol–water partition coefficient (Wildman–Crippen LogP) is 3.36. The molecule has 0 aliphatic rings. The van der Waals surface area contributed by atoms with Crippen LogP contribution >= 0.6 is 15.9 Å². The van der Waals surface area contributed by atoms with Gasteiger partial charge in [-0.15, -0.1) is 6.42 Å². The van der Waals surface area contributed by atoms with Crippen molar-refractivity contribution in [1.82, 2.24) is 0 Å². The van der Waals surface area contributed by atoms with Crippen LogP contribution < -0.4 is 5.32 Å². The standard InChI is InChI=1S/C13H14BrNO2/c1-3-6-9(4-2)15-11-8-5-7-10(14)12(11)13(16)17/h2,5,7-9,15H,3,6H2,1H3,(H,16,17). The number of hydrogen-bond acceptors (Lipinski definition) is 2. The van der Waals surface area contributed by atoms with Crippen molar-refractivity contribution in [2.75, 3.05) is 5.32 Å². The largest absolute Gasteiger partial charge is 0.478 e. The monoisotopic (exact) mass is 295 g/mol. The average molecular weight is 296 g/mol. The van der Waals surface area contributed by atoms with E-state index in [0.717, 1.165) is 12.8 Å². The Morgan fingerprint density at radius 2 is 2.35 bits per heavy atom. The summed E-state index contributed by atoms with van der Waals surface area (Å²) in [5, 5.41) is 12.2. The number of terminal acetylenes is 1. The highest BCUT2D eigenvalue weighted by atomic mass is 79.9. The number of carboxylic acid groups (broad SMARTS) is 1. The number of aromatic carboxylic acids is 1. The molecule has 17 heavy (non-hydrogen) atoms. The number of halogens is 1. The first-order valence-electron chi connectivity index (χ1n) is 5.34. The first kappa shape index (κ1) is 13.6. The van der Waals surface area contributed by atoms with Crippen LogP contribution in [0.4, 0.5) is 5.69 Å². The van der Waals surface area contributed by atoms with Crippen LogP contribution in [0, 0.1) is 12.3 Å². The van der Waals surface area contributed by atoms with Crippen LogP contribution in [0.5, 0.6) is 0 Å². The lowest BCUT2D eigenvalue weighted by atomic mass is 10.1. The second-order valence-corrected chi connectivity index (χ2v) is 4.47. The van der Waals surface area contributed by atoms with Crippen molar-refractivity contribution in [3.05, 3.63) is 28.2 Å². The van der Waals surface area contributed by atoms with E-state index in [1.54, 1.807) is 18.2 Å². The third-order valence-electron chi connectivity index (χ3n) is 2.34. The molecule has 0 radical (unpaired) electrons. The third kappa shape index (κ3) is 3.50. The molecular formula is C13H14BrNO2. The fourth-order valence-electron chi connectivity index (χ4n) is 1.54. The Balaban J connectivity index is 3.02. The molecule has 1 aromatic carbocycles. The van der Waals surface area contributed by atoms with Crippen LogP contribution in [-0.2, 0) is 0 Å². The van der Waals surface area contributed by atoms with Gasteiger partial charge in [-0.25, -0.2) is 4.79 Å². The molecule has 0 bridgehead atoms. The summed E-state index contributed by atoms with van der Waals surface area (Å²) < 4.78 is 0.544. The predicted molar refractivity (Wildman–Crippen MR) is 72.3 cm³/mol. The van der Waals surface area contributed by atoms with Gasteiger partial charge in [-0.3, -0.25) is 0 Å². The molecule has 1 rings (SSSR count). The maximum Gasteiger partial charge on any atom is 0.338 e. The molecule has 4 heteroatoms. The zero-order chi connectivity index (χ0) is 12.8. The molecule has 0 spiro atoms. The minimum Gasteiger partial charge on any atom is -0.478 e. The molecule has 3 nitrogen and oxygen atoms in total. The van der Waals surface area contributed by atoms with Crippen molar-refractivity contribution in [3.63, 3.8) is 0 Å². The molecular weight excluding hydrogens is 282 g/mol. The second kappa shape index (κ2) is 6.31. The fraction of sp³-hybridized carbons (Fsp3) is 0.308. The number of nitrogens with one attached hydrogen (secondary N) is 1. The van der Waals surface area contributed by atoms with Crippen LogP contribution in [0.1, 0.15) is 30.1 Å². The molecule has 90 valence electrons. The Bertz CT molecular complexity index is 451. The minimum absolute atomic E-state index is 0.146. The molecule has 0 saturated carbocycles. The summed E-state index contributed by atoms with van der Waals surface area (Å²) in [5.41, 5.74) is 0.757. The number of benzene rings is 1. The lowest BCUT2D eigenvalue weighted by molar-refractivity contribution is 0.0697. The molecule has 1 unspecified atom stereocenters. The van der Waals surface area contributed by atoms with E-state index in [9.17, 15) is 4.79 Å². The van der Waals surface area contributed by atoms with E-state index in [1.165, 1.54) is 0 Å². The average Bonchev–Trinajstić information content (AvgIpc) is 2.28. The molecule has 0 amide bonds. The van der Waals surface area contributed by atoms with Gasteiger partial charge >= 0.3 is 5.97 Å². The number of carboxylic acids is 1. The minimum atomic E-state index is -0.979. The summed E-state index contributed by atoms with van der Waals surface area (Å²) in [7, 11) is 0. The molecule has 2 N–H and O–H groups in total. The summed E-state index contributed by atoms with van der Waals surface area (Å²) in [5.74, 6) is 1.64. The number of rotatable bonds is 5. The van der Waals surface area contributed by atoms with Crippen LogP contribution in [0.15, 0.2) is 22.7 Å². The lowest BCUT2D eigenvalue weighted by Crippen LogP contribution is -2.19. The Morgan fingerprint density at radius 1 is 1.65 bits per heavy atom. The smallest absolute Gasteiger partial charge is 0.338 e. The van der Waals surface area contributed by atoms with E-state index in [-0.39, 0.29) is 11.6 Å². The fourth-order valence-corrected chi connectivity index (χ4v) is 2.07. The Labute approximate surface area is 109 Å². The van der Waals surface area contributed by atoms with E-state index < -0.39 is 5.97 Å². The molecule has 0 fully saturated rings. The first-order chi connectivity index (χ1) is 8.10. The van der Waals surface area contributed by atoms with Crippen LogP contribution in [-0.4, -0.2) is 17.1 Å². The van der Waals surface area contributed by atoms with E-state index >= 15 is 0 Å². The first-order valence-corrected chi connectivity index (χ1v) is 6.14. The van der Waals surface area contributed by atoms with Crippen molar-refractivity contribution in [2.45, 2.75) is 25.8 Å². The molecule has 0 aromatic heterocycles. The van der Waals surface area contributed by atoms with Gasteiger partial charge < -0.3 is 10.4 Å². The molecule has 1 atom stereocenters. The third-order valence-corrected chi connectivity index (χ3v) is 3.00. The van der Waals surface area contributed by atoms with Crippen LogP contribution in [0.3, 0.4) is 0 Å². The van der Waals surface area contributed by atoms with Gasteiger partial charge in [-0.1, -0.05) is 25.3 Å². The number of hydrogen-bond donors (Lipinski definition) is 2. The zero-order valence-corrected chi connectivity index (χ0v) is 11.1. The molecule has 0 saturated heterocycles. The topological polar surface area (TPSA) is 49.3 Å². The summed E-state index contributed by atoms with van der Waals surface area (Å²) in [6.07, 6.45) is 7.15. The highest BCUT2D eigenvalue weighted by Crippen LogP contribution is 2.25. The zero-order valence-electron chi connectivity index (χ0n) is 9.53. The van der Waals surface area contributed by atoms with Gasteiger partial charge in [0, 0.05) is 4.47 Å². The van der Waals surface area contributed by atoms with E-state index in [0.29, 0.717) is 10.2 Å². The molecule has 0 heterocycles.